The molecule has 0 saturated heterocycles. The second-order valence-electron chi connectivity index (χ2n) is 4.64. The van der Waals surface area contributed by atoms with Crippen LogP contribution in [0.5, 0.6) is 0 Å². The van der Waals surface area contributed by atoms with Crippen molar-refractivity contribution in [3.63, 3.8) is 0 Å². The highest BCUT2D eigenvalue weighted by molar-refractivity contribution is 5.90. The number of para-hydroxylation sites is 1. The number of nitrogens with zero attached hydrogens (tertiary/aromatic N) is 4. The molecule has 3 rings (SSSR count). The summed E-state index contributed by atoms with van der Waals surface area (Å²) >= 11 is 0. The Balaban J connectivity index is 2.08. The van der Waals surface area contributed by atoms with Crippen LogP contribution in [0.25, 0.3) is 10.9 Å². The summed E-state index contributed by atoms with van der Waals surface area (Å²) in [5, 5.41) is 4.24. The van der Waals surface area contributed by atoms with Gasteiger partial charge < -0.3 is 10.2 Å². The van der Waals surface area contributed by atoms with Crippen molar-refractivity contribution in [1.82, 2.24) is 15.0 Å². The third kappa shape index (κ3) is 2.38. The van der Waals surface area contributed by atoms with Gasteiger partial charge in [0.25, 0.3) is 0 Å². The van der Waals surface area contributed by atoms with Gasteiger partial charge in [0, 0.05) is 37.6 Å². The number of benzene rings is 1. The number of hydrogen-bond donors (Lipinski definition) is 1. The SMILES string of the molecule is CN(C)c1nc(Nc2ccncc2)nc2ccccc12. The standard InChI is InChI=1S/C15H15N5/c1-20(2)14-12-5-3-4-6-13(12)18-15(19-14)17-11-7-9-16-10-8-11/h3-10H,1-2H3,(H,16,17,18,19). The molecule has 0 aliphatic heterocycles. The number of anilines is 3. The summed E-state index contributed by atoms with van der Waals surface area (Å²) in [7, 11) is 3.95. The maximum atomic E-state index is 4.58. The Morgan fingerprint density at radius 2 is 1.70 bits per heavy atom. The Kier molecular flexibility index (Phi) is 3.16. The maximum absolute atomic E-state index is 4.58. The molecule has 5 heteroatoms. The molecule has 2 aromatic heterocycles. The molecule has 0 aliphatic rings. The lowest BCUT2D eigenvalue weighted by Crippen LogP contribution is -2.13. The van der Waals surface area contributed by atoms with Gasteiger partial charge in [-0.1, -0.05) is 12.1 Å². The number of hydrogen-bond acceptors (Lipinski definition) is 5. The lowest BCUT2D eigenvalue weighted by atomic mass is 10.2. The fraction of sp³-hybridized carbons (Fsp3) is 0.133. The van der Waals surface area contributed by atoms with Crippen LogP contribution in [-0.4, -0.2) is 29.0 Å². The topological polar surface area (TPSA) is 53.9 Å². The highest BCUT2D eigenvalue weighted by Crippen LogP contribution is 2.24. The zero-order valence-electron chi connectivity index (χ0n) is 11.4. The van der Waals surface area contributed by atoms with Gasteiger partial charge in [-0.25, -0.2) is 4.98 Å². The van der Waals surface area contributed by atoms with E-state index in [1.807, 2.05) is 55.4 Å². The molecule has 20 heavy (non-hydrogen) atoms. The molecular formula is C15H15N5. The third-order valence-electron chi connectivity index (χ3n) is 2.94. The minimum atomic E-state index is 0.582. The average molecular weight is 265 g/mol. The molecule has 0 unspecified atom stereocenters. The normalized spacial score (nSPS) is 10.5. The van der Waals surface area contributed by atoms with Crippen molar-refractivity contribution in [3.05, 3.63) is 48.8 Å². The van der Waals surface area contributed by atoms with Crippen LogP contribution in [0.4, 0.5) is 17.5 Å². The number of nitrogens with one attached hydrogen (secondary N) is 1. The third-order valence-corrected chi connectivity index (χ3v) is 2.94. The fourth-order valence-corrected chi connectivity index (χ4v) is 2.02. The average Bonchev–Trinajstić information content (AvgIpc) is 2.47. The smallest absolute Gasteiger partial charge is 0.229 e. The molecule has 0 spiro atoms. The number of pyridine rings is 1. The highest BCUT2D eigenvalue weighted by Gasteiger charge is 2.09. The second-order valence-corrected chi connectivity index (χ2v) is 4.64. The fourth-order valence-electron chi connectivity index (χ4n) is 2.02. The summed E-state index contributed by atoms with van der Waals surface area (Å²) in [6.07, 6.45) is 3.46. The van der Waals surface area contributed by atoms with Crippen molar-refractivity contribution < 1.29 is 0 Å². The van der Waals surface area contributed by atoms with Crippen LogP contribution in [-0.2, 0) is 0 Å². The molecule has 1 N–H and O–H groups in total. The molecule has 3 aromatic rings. The lowest BCUT2D eigenvalue weighted by Gasteiger charge is -2.15. The van der Waals surface area contributed by atoms with E-state index < -0.39 is 0 Å². The van der Waals surface area contributed by atoms with Gasteiger partial charge in [-0.05, 0) is 24.3 Å². The first-order valence-electron chi connectivity index (χ1n) is 6.35. The van der Waals surface area contributed by atoms with Gasteiger partial charge in [0.1, 0.15) is 5.82 Å². The molecule has 0 saturated carbocycles. The summed E-state index contributed by atoms with van der Waals surface area (Å²) in [6, 6.07) is 11.8. The van der Waals surface area contributed by atoms with Gasteiger partial charge in [-0.3, -0.25) is 4.98 Å². The maximum Gasteiger partial charge on any atom is 0.229 e. The van der Waals surface area contributed by atoms with E-state index in [1.165, 1.54) is 0 Å². The summed E-state index contributed by atoms with van der Waals surface area (Å²) in [5.41, 5.74) is 1.84. The van der Waals surface area contributed by atoms with Crippen LogP contribution < -0.4 is 10.2 Å². The van der Waals surface area contributed by atoms with Crippen LogP contribution >= 0.6 is 0 Å². The van der Waals surface area contributed by atoms with Crippen LogP contribution in [0.15, 0.2) is 48.8 Å². The Morgan fingerprint density at radius 1 is 0.950 bits per heavy atom. The monoisotopic (exact) mass is 265 g/mol. The van der Waals surface area contributed by atoms with E-state index in [-0.39, 0.29) is 0 Å². The number of aromatic nitrogens is 3. The van der Waals surface area contributed by atoms with Crippen molar-refractivity contribution in [2.45, 2.75) is 0 Å². The number of rotatable bonds is 3. The van der Waals surface area contributed by atoms with Crippen LogP contribution in [0.2, 0.25) is 0 Å². The lowest BCUT2D eigenvalue weighted by molar-refractivity contribution is 1.06. The first-order valence-corrected chi connectivity index (χ1v) is 6.35. The van der Waals surface area contributed by atoms with Crippen molar-refractivity contribution in [2.24, 2.45) is 0 Å². The van der Waals surface area contributed by atoms with Gasteiger partial charge in [0.05, 0.1) is 5.52 Å². The molecule has 100 valence electrons. The summed E-state index contributed by atoms with van der Waals surface area (Å²) in [4.78, 5) is 15.1. The molecule has 1 aromatic carbocycles. The van der Waals surface area contributed by atoms with E-state index in [2.05, 4.69) is 20.3 Å². The van der Waals surface area contributed by atoms with E-state index in [0.717, 1.165) is 22.4 Å². The van der Waals surface area contributed by atoms with E-state index >= 15 is 0 Å². The molecular weight excluding hydrogens is 250 g/mol. The van der Waals surface area contributed by atoms with Crippen molar-refractivity contribution in [2.75, 3.05) is 24.3 Å². The molecule has 0 fully saturated rings. The van der Waals surface area contributed by atoms with Crippen LogP contribution in [0.3, 0.4) is 0 Å². The summed E-state index contributed by atoms with van der Waals surface area (Å²) in [5.74, 6) is 1.48. The largest absolute Gasteiger partial charge is 0.362 e. The minimum Gasteiger partial charge on any atom is -0.362 e. The predicted octanol–water partition coefficient (Wildman–Crippen LogP) is 2.83. The highest BCUT2D eigenvalue weighted by atomic mass is 15.2. The Hall–Kier alpha value is -2.69. The summed E-state index contributed by atoms with van der Waals surface area (Å²) < 4.78 is 0. The molecule has 5 nitrogen and oxygen atoms in total. The van der Waals surface area contributed by atoms with Crippen LogP contribution in [0, 0.1) is 0 Å². The van der Waals surface area contributed by atoms with Crippen molar-refractivity contribution >= 4 is 28.4 Å². The van der Waals surface area contributed by atoms with Gasteiger partial charge in [0.15, 0.2) is 0 Å². The van der Waals surface area contributed by atoms with E-state index in [4.69, 9.17) is 0 Å². The van der Waals surface area contributed by atoms with Gasteiger partial charge in [-0.15, -0.1) is 0 Å². The van der Waals surface area contributed by atoms with Crippen LogP contribution in [0.1, 0.15) is 0 Å². The van der Waals surface area contributed by atoms with E-state index in [9.17, 15) is 0 Å². The molecule has 0 aliphatic carbocycles. The van der Waals surface area contributed by atoms with Gasteiger partial charge >= 0.3 is 0 Å². The molecule has 2 heterocycles. The zero-order valence-corrected chi connectivity index (χ0v) is 11.4. The van der Waals surface area contributed by atoms with Crippen molar-refractivity contribution in [3.8, 4) is 0 Å². The quantitative estimate of drug-likeness (QED) is 0.789. The predicted molar refractivity (Wildman–Crippen MR) is 81.4 cm³/mol. The van der Waals surface area contributed by atoms with E-state index in [0.29, 0.717) is 5.95 Å². The molecule has 0 bridgehead atoms. The Labute approximate surface area is 117 Å². The molecule has 0 atom stereocenters. The molecule has 0 radical (unpaired) electrons. The van der Waals surface area contributed by atoms with Crippen molar-refractivity contribution in [1.29, 1.82) is 0 Å². The van der Waals surface area contributed by atoms with E-state index in [1.54, 1.807) is 12.4 Å². The van der Waals surface area contributed by atoms with Gasteiger partial charge in [0.2, 0.25) is 5.95 Å². The minimum absolute atomic E-state index is 0.582. The Morgan fingerprint density at radius 3 is 2.45 bits per heavy atom. The van der Waals surface area contributed by atoms with Gasteiger partial charge in [-0.2, -0.15) is 4.98 Å². The second kappa shape index (κ2) is 5.13. The number of fused-ring (bicyclic) bond motifs is 1. The summed E-state index contributed by atoms with van der Waals surface area (Å²) in [6.45, 7) is 0. The first kappa shape index (κ1) is 12.3. The molecule has 0 amide bonds. The first-order chi connectivity index (χ1) is 9.74. The Bertz CT molecular complexity index is 725. The zero-order chi connectivity index (χ0) is 13.9.